The lowest BCUT2D eigenvalue weighted by Crippen LogP contribution is -2.14. The van der Waals surface area contributed by atoms with Gasteiger partial charge in [0, 0.05) is 12.7 Å². The molecule has 18 heavy (non-hydrogen) atoms. The second kappa shape index (κ2) is 5.06. The fourth-order valence-electron chi connectivity index (χ4n) is 1.97. The Kier molecular flexibility index (Phi) is 3.48. The lowest BCUT2D eigenvalue weighted by molar-refractivity contribution is 1.11. The second-order valence-corrected chi connectivity index (χ2v) is 4.43. The fourth-order valence-corrected chi connectivity index (χ4v) is 1.97. The molecule has 4 heteroatoms. The van der Waals surface area contributed by atoms with Crippen LogP contribution in [-0.4, -0.2) is 12.0 Å². The number of hydrogen-bond acceptors (Lipinski definition) is 4. The monoisotopic (exact) mass is 242 g/mol. The van der Waals surface area contributed by atoms with E-state index in [0.29, 0.717) is 5.82 Å². The number of aryl methyl sites for hydroxylation is 2. The molecule has 94 valence electrons. The number of pyridine rings is 1. The van der Waals surface area contributed by atoms with Gasteiger partial charge in [-0.05, 0) is 49.2 Å². The molecule has 4 nitrogen and oxygen atoms in total. The van der Waals surface area contributed by atoms with Gasteiger partial charge in [-0.25, -0.2) is 10.8 Å². The number of nitrogens with one attached hydrogen (secondary N) is 1. The van der Waals surface area contributed by atoms with Gasteiger partial charge >= 0.3 is 0 Å². The normalized spacial score (nSPS) is 10.2. The molecule has 1 aromatic heterocycles. The molecular weight excluding hydrogens is 224 g/mol. The number of aromatic nitrogens is 1. The summed E-state index contributed by atoms with van der Waals surface area (Å²) in [5, 5.41) is 0. The molecule has 0 fully saturated rings. The van der Waals surface area contributed by atoms with Crippen molar-refractivity contribution in [3.8, 4) is 0 Å². The third kappa shape index (κ3) is 2.60. The van der Waals surface area contributed by atoms with E-state index >= 15 is 0 Å². The lowest BCUT2D eigenvalue weighted by atomic mass is 10.1. The summed E-state index contributed by atoms with van der Waals surface area (Å²) >= 11 is 0. The van der Waals surface area contributed by atoms with Gasteiger partial charge in [-0.1, -0.05) is 12.1 Å². The molecular formula is C14H18N4. The first kappa shape index (κ1) is 12.4. The Hall–Kier alpha value is -2.07. The van der Waals surface area contributed by atoms with Crippen LogP contribution in [0.2, 0.25) is 0 Å². The summed E-state index contributed by atoms with van der Waals surface area (Å²) in [5.41, 5.74) is 6.16. The Bertz CT molecular complexity index is 531. The highest BCUT2D eigenvalue weighted by molar-refractivity contribution is 5.62. The molecule has 0 aliphatic carbocycles. The molecule has 1 heterocycles. The van der Waals surface area contributed by atoms with Crippen molar-refractivity contribution >= 4 is 17.3 Å². The highest BCUT2D eigenvalue weighted by Gasteiger charge is 2.06. The van der Waals surface area contributed by atoms with Crippen LogP contribution >= 0.6 is 0 Å². The minimum atomic E-state index is 0.656. The van der Waals surface area contributed by atoms with Gasteiger partial charge < -0.3 is 10.3 Å². The summed E-state index contributed by atoms with van der Waals surface area (Å²) in [4.78, 5) is 6.46. The largest absolute Gasteiger partial charge is 0.329 e. The van der Waals surface area contributed by atoms with Gasteiger partial charge in [0.05, 0.1) is 0 Å². The van der Waals surface area contributed by atoms with Gasteiger partial charge in [0.2, 0.25) is 0 Å². The molecule has 0 saturated heterocycles. The predicted molar refractivity (Wildman–Crippen MR) is 76.0 cm³/mol. The van der Waals surface area contributed by atoms with Crippen molar-refractivity contribution in [3.05, 3.63) is 47.5 Å². The quantitative estimate of drug-likeness (QED) is 0.642. The molecule has 2 rings (SSSR count). The van der Waals surface area contributed by atoms with E-state index < -0.39 is 0 Å². The molecule has 0 bridgehead atoms. The zero-order valence-electron chi connectivity index (χ0n) is 10.9. The molecule has 0 amide bonds. The van der Waals surface area contributed by atoms with Crippen LogP contribution in [0.25, 0.3) is 0 Å². The van der Waals surface area contributed by atoms with E-state index in [1.54, 1.807) is 0 Å². The van der Waals surface area contributed by atoms with E-state index in [2.05, 4.69) is 42.5 Å². The molecule has 2 aromatic rings. The first-order valence-corrected chi connectivity index (χ1v) is 5.86. The number of rotatable bonds is 3. The maximum Gasteiger partial charge on any atom is 0.142 e. The number of nitrogens with two attached hydrogens (primary N) is 1. The van der Waals surface area contributed by atoms with Crippen LogP contribution in [0.15, 0.2) is 36.4 Å². The van der Waals surface area contributed by atoms with Crippen LogP contribution in [0.3, 0.4) is 0 Å². The summed E-state index contributed by atoms with van der Waals surface area (Å²) < 4.78 is 0. The van der Waals surface area contributed by atoms with Crippen molar-refractivity contribution in [3.63, 3.8) is 0 Å². The molecule has 0 radical (unpaired) electrons. The van der Waals surface area contributed by atoms with Gasteiger partial charge in [-0.2, -0.15) is 0 Å². The summed E-state index contributed by atoms with van der Waals surface area (Å²) in [6.45, 7) is 4.19. The highest BCUT2D eigenvalue weighted by atomic mass is 15.3. The standard InChI is InChI=1S/C14H18N4/c1-10-7-11(2)9-12(8-10)18(3)14-6-4-5-13(16-14)17-15/h4-9H,15H2,1-3H3,(H,16,17). The topological polar surface area (TPSA) is 54.2 Å². The number of benzene rings is 1. The van der Waals surface area contributed by atoms with Crippen molar-refractivity contribution in [2.75, 3.05) is 17.4 Å². The van der Waals surface area contributed by atoms with Gasteiger partial charge in [-0.15, -0.1) is 0 Å². The van der Waals surface area contributed by atoms with Gasteiger partial charge in [0.1, 0.15) is 11.6 Å². The fraction of sp³-hybridized carbons (Fsp3) is 0.214. The molecule has 1 aromatic carbocycles. The van der Waals surface area contributed by atoms with Crippen LogP contribution in [0.1, 0.15) is 11.1 Å². The van der Waals surface area contributed by atoms with Crippen molar-refractivity contribution in [1.29, 1.82) is 0 Å². The Morgan fingerprint density at radius 3 is 2.39 bits per heavy atom. The maximum atomic E-state index is 5.37. The van der Waals surface area contributed by atoms with Crippen LogP contribution in [0.4, 0.5) is 17.3 Å². The number of hydrazine groups is 1. The highest BCUT2D eigenvalue weighted by Crippen LogP contribution is 2.24. The van der Waals surface area contributed by atoms with E-state index in [-0.39, 0.29) is 0 Å². The van der Waals surface area contributed by atoms with E-state index in [4.69, 9.17) is 5.84 Å². The Labute approximate surface area is 107 Å². The molecule has 3 N–H and O–H groups in total. The SMILES string of the molecule is Cc1cc(C)cc(N(C)c2cccc(NN)n2)c1. The Morgan fingerprint density at radius 2 is 1.78 bits per heavy atom. The molecule has 0 aliphatic heterocycles. The summed E-state index contributed by atoms with van der Waals surface area (Å²) in [5.74, 6) is 6.89. The smallest absolute Gasteiger partial charge is 0.142 e. The summed E-state index contributed by atoms with van der Waals surface area (Å²) in [7, 11) is 2.00. The predicted octanol–water partition coefficient (Wildman–Crippen LogP) is 2.75. The first-order chi connectivity index (χ1) is 8.60. The molecule has 0 atom stereocenters. The van der Waals surface area contributed by atoms with E-state index in [1.165, 1.54) is 11.1 Å². The van der Waals surface area contributed by atoms with Crippen LogP contribution < -0.4 is 16.2 Å². The third-order valence-corrected chi connectivity index (χ3v) is 2.82. The van der Waals surface area contributed by atoms with Gasteiger partial charge in [-0.3, -0.25) is 0 Å². The van der Waals surface area contributed by atoms with Crippen LogP contribution in [0, 0.1) is 13.8 Å². The maximum absolute atomic E-state index is 5.37. The lowest BCUT2D eigenvalue weighted by Gasteiger charge is -2.20. The Balaban J connectivity index is 2.37. The minimum absolute atomic E-state index is 0.656. The number of hydrogen-bond donors (Lipinski definition) is 2. The van der Waals surface area contributed by atoms with Crippen LogP contribution in [0.5, 0.6) is 0 Å². The Morgan fingerprint density at radius 1 is 1.11 bits per heavy atom. The minimum Gasteiger partial charge on any atom is -0.329 e. The zero-order valence-corrected chi connectivity index (χ0v) is 10.9. The first-order valence-electron chi connectivity index (χ1n) is 5.86. The molecule has 0 saturated carbocycles. The average molecular weight is 242 g/mol. The number of nitrogen functional groups attached to an aromatic ring is 1. The van der Waals surface area contributed by atoms with Crippen molar-refractivity contribution in [2.24, 2.45) is 5.84 Å². The van der Waals surface area contributed by atoms with Crippen molar-refractivity contribution < 1.29 is 0 Å². The number of anilines is 3. The van der Waals surface area contributed by atoms with Gasteiger partial charge in [0.15, 0.2) is 0 Å². The average Bonchev–Trinajstić information content (AvgIpc) is 2.37. The molecule has 0 unspecified atom stereocenters. The number of nitrogens with zero attached hydrogens (tertiary/aromatic N) is 2. The summed E-state index contributed by atoms with van der Waals surface area (Å²) in [6.07, 6.45) is 0. The van der Waals surface area contributed by atoms with Crippen LogP contribution in [-0.2, 0) is 0 Å². The van der Waals surface area contributed by atoms with E-state index in [1.807, 2.05) is 30.1 Å². The van der Waals surface area contributed by atoms with E-state index in [9.17, 15) is 0 Å². The molecule has 0 aliphatic rings. The van der Waals surface area contributed by atoms with Gasteiger partial charge in [0.25, 0.3) is 0 Å². The zero-order chi connectivity index (χ0) is 13.1. The van der Waals surface area contributed by atoms with Crippen molar-refractivity contribution in [2.45, 2.75) is 13.8 Å². The third-order valence-electron chi connectivity index (χ3n) is 2.82. The van der Waals surface area contributed by atoms with E-state index in [0.717, 1.165) is 11.5 Å². The van der Waals surface area contributed by atoms with Crippen molar-refractivity contribution in [1.82, 2.24) is 4.98 Å². The second-order valence-electron chi connectivity index (χ2n) is 4.43. The molecule has 0 spiro atoms. The summed E-state index contributed by atoms with van der Waals surface area (Å²) in [6, 6.07) is 12.1.